The summed E-state index contributed by atoms with van der Waals surface area (Å²) >= 11 is 0. The molecule has 0 unspecified atom stereocenters. The Morgan fingerprint density at radius 3 is 2.56 bits per heavy atom. The Balaban J connectivity index is 1.74. The summed E-state index contributed by atoms with van der Waals surface area (Å²) in [5.41, 5.74) is 4.53. The zero-order valence-corrected chi connectivity index (χ0v) is 14.7. The van der Waals surface area contributed by atoms with E-state index in [0.717, 1.165) is 29.4 Å². The van der Waals surface area contributed by atoms with Crippen molar-refractivity contribution in [2.75, 3.05) is 17.7 Å². The van der Waals surface area contributed by atoms with Crippen molar-refractivity contribution in [3.63, 3.8) is 0 Å². The standard InChI is InChI=1S/C20H22N4O/c1-14-8-9-18(25-3)17(10-14)24-20-11-19(22-13-23-20)21-12-16-7-5-4-6-15(16)2/h4-11,13H,12H2,1-3H3,(H2,21,22,23,24). The molecule has 0 bridgehead atoms. The van der Waals surface area contributed by atoms with Gasteiger partial charge < -0.3 is 15.4 Å². The minimum absolute atomic E-state index is 0.714. The van der Waals surface area contributed by atoms with Crippen LogP contribution in [0.5, 0.6) is 5.75 Å². The number of aryl methyl sites for hydroxylation is 2. The topological polar surface area (TPSA) is 59.1 Å². The van der Waals surface area contributed by atoms with Crippen LogP contribution in [0.25, 0.3) is 0 Å². The Hall–Kier alpha value is -3.08. The van der Waals surface area contributed by atoms with Gasteiger partial charge in [0.2, 0.25) is 0 Å². The molecule has 2 aromatic carbocycles. The van der Waals surface area contributed by atoms with Gasteiger partial charge in [-0.25, -0.2) is 9.97 Å². The molecule has 0 aliphatic heterocycles. The molecule has 1 heterocycles. The second kappa shape index (κ2) is 7.66. The number of methoxy groups -OCH3 is 1. The van der Waals surface area contributed by atoms with E-state index >= 15 is 0 Å². The van der Waals surface area contributed by atoms with Crippen molar-refractivity contribution in [1.82, 2.24) is 9.97 Å². The molecule has 5 nitrogen and oxygen atoms in total. The van der Waals surface area contributed by atoms with Gasteiger partial charge in [0.1, 0.15) is 23.7 Å². The zero-order chi connectivity index (χ0) is 17.6. The SMILES string of the molecule is COc1ccc(C)cc1Nc1cc(NCc2ccccc2C)ncn1. The molecule has 0 amide bonds. The largest absolute Gasteiger partial charge is 0.495 e. The van der Waals surface area contributed by atoms with E-state index in [1.807, 2.05) is 43.3 Å². The summed E-state index contributed by atoms with van der Waals surface area (Å²) in [6.07, 6.45) is 1.55. The maximum absolute atomic E-state index is 5.40. The summed E-state index contributed by atoms with van der Waals surface area (Å²) in [7, 11) is 1.66. The second-order valence-electron chi connectivity index (χ2n) is 5.90. The first-order valence-electron chi connectivity index (χ1n) is 8.18. The Kier molecular flexibility index (Phi) is 5.14. The molecule has 1 aromatic heterocycles. The van der Waals surface area contributed by atoms with Crippen LogP contribution in [0, 0.1) is 13.8 Å². The molecule has 3 aromatic rings. The van der Waals surface area contributed by atoms with Gasteiger partial charge in [-0.3, -0.25) is 0 Å². The van der Waals surface area contributed by atoms with Gasteiger partial charge in [0.25, 0.3) is 0 Å². The van der Waals surface area contributed by atoms with Crippen LogP contribution in [-0.2, 0) is 6.54 Å². The minimum atomic E-state index is 0.714. The Labute approximate surface area is 148 Å². The molecule has 0 radical (unpaired) electrons. The van der Waals surface area contributed by atoms with Crippen molar-refractivity contribution in [3.8, 4) is 5.75 Å². The van der Waals surface area contributed by atoms with Gasteiger partial charge in [0, 0.05) is 12.6 Å². The fourth-order valence-corrected chi connectivity index (χ4v) is 2.57. The third kappa shape index (κ3) is 4.26. The molecule has 0 aliphatic carbocycles. The predicted octanol–water partition coefficient (Wildman–Crippen LogP) is 4.46. The van der Waals surface area contributed by atoms with Crippen molar-refractivity contribution >= 4 is 17.3 Å². The van der Waals surface area contributed by atoms with E-state index in [9.17, 15) is 0 Å². The number of hydrogen-bond acceptors (Lipinski definition) is 5. The summed E-state index contributed by atoms with van der Waals surface area (Å²) in [4.78, 5) is 8.59. The predicted molar refractivity (Wildman–Crippen MR) is 102 cm³/mol. The normalized spacial score (nSPS) is 10.4. The minimum Gasteiger partial charge on any atom is -0.495 e. The van der Waals surface area contributed by atoms with Crippen LogP contribution in [0.3, 0.4) is 0 Å². The van der Waals surface area contributed by atoms with E-state index in [2.05, 4.69) is 39.7 Å². The van der Waals surface area contributed by atoms with Crippen LogP contribution >= 0.6 is 0 Å². The highest BCUT2D eigenvalue weighted by atomic mass is 16.5. The Morgan fingerprint density at radius 2 is 1.76 bits per heavy atom. The first-order valence-corrected chi connectivity index (χ1v) is 8.18. The fraction of sp³-hybridized carbons (Fsp3) is 0.200. The fourth-order valence-electron chi connectivity index (χ4n) is 2.57. The highest BCUT2D eigenvalue weighted by Gasteiger charge is 2.06. The number of hydrogen-bond donors (Lipinski definition) is 2. The molecule has 0 fully saturated rings. The number of anilines is 3. The molecule has 128 valence electrons. The first-order chi connectivity index (χ1) is 12.2. The summed E-state index contributed by atoms with van der Waals surface area (Å²) in [6.45, 7) is 4.87. The van der Waals surface area contributed by atoms with Crippen molar-refractivity contribution in [1.29, 1.82) is 0 Å². The van der Waals surface area contributed by atoms with Crippen LogP contribution in [-0.4, -0.2) is 17.1 Å². The van der Waals surface area contributed by atoms with Crippen molar-refractivity contribution in [2.45, 2.75) is 20.4 Å². The van der Waals surface area contributed by atoms with Crippen molar-refractivity contribution in [3.05, 3.63) is 71.5 Å². The van der Waals surface area contributed by atoms with Gasteiger partial charge in [0.15, 0.2) is 0 Å². The second-order valence-corrected chi connectivity index (χ2v) is 5.90. The van der Waals surface area contributed by atoms with E-state index in [1.54, 1.807) is 13.4 Å². The molecular weight excluding hydrogens is 312 g/mol. The smallest absolute Gasteiger partial charge is 0.142 e. The highest BCUT2D eigenvalue weighted by molar-refractivity contribution is 5.66. The van der Waals surface area contributed by atoms with E-state index in [1.165, 1.54) is 11.1 Å². The van der Waals surface area contributed by atoms with Crippen LogP contribution in [0.4, 0.5) is 17.3 Å². The van der Waals surface area contributed by atoms with Gasteiger partial charge >= 0.3 is 0 Å². The maximum atomic E-state index is 5.40. The molecule has 2 N–H and O–H groups in total. The number of aromatic nitrogens is 2. The van der Waals surface area contributed by atoms with E-state index in [-0.39, 0.29) is 0 Å². The lowest BCUT2D eigenvalue weighted by Gasteiger charge is -2.12. The van der Waals surface area contributed by atoms with E-state index in [0.29, 0.717) is 5.82 Å². The first kappa shape index (κ1) is 16.8. The van der Waals surface area contributed by atoms with Gasteiger partial charge in [-0.05, 0) is 42.7 Å². The van der Waals surface area contributed by atoms with Crippen LogP contribution in [0.2, 0.25) is 0 Å². The lowest BCUT2D eigenvalue weighted by atomic mass is 10.1. The van der Waals surface area contributed by atoms with Crippen LogP contribution in [0.15, 0.2) is 54.9 Å². The number of benzene rings is 2. The van der Waals surface area contributed by atoms with Gasteiger partial charge in [0.05, 0.1) is 12.8 Å². The molecule has 25 heavy (non-hydrogen) atoms. The number of ether oxygens (including phenoxy) is 1. The van der Waals surface area contributed by atoms with Crippen molar-refractivity contribution in [2.24, 2.45) is 0 Å². The lowest BCUT2D eigenvalue weighted by molar-refractivity contribution is 0.416. The quantitative estimate of drug-likeness (QED) is 0.697. The van der Waals surface area contributed by atoms with Gasteiger partial charge in [-0.2, -0.15) is 0 Å². The monoisotopic (exact) mass is 334 g/mol. The molecule has 5 heteroatoms. The average Bonchev–Trinajstić information content (AvgIpc) is 2.62. The molecule has 0 saturated carbocycles. The average molecular weight is 334 g/mol. The third-order valence-corrected chi connectivity index (χ3v) is 4.01. The maximum Gasteiger partial charge on any atom is 0.142 e. The molecule has 0 aliphatic rings. The Bertz CT molecular complexity index is 864. The molecule has 0 atom stereocenters. The molecular formula is C20H22N4O. The molecule has 3 rings (SSSR count). The van der Waals surface area contributed by atoms with E-state index < -0.39 is 0 Å². The summed E-state index contributed by atoms with van der Waals surface area (Å²) in [5.74, 6) is 2.26. The molecule has 0 saturated heterocycles. The lowest BCUT2D eigenvalue weighted by Crippen LogP contribution is -2.04. The number of rotatable bonds is 6. The highest BCUT2D eigenvalue weighted by Crippen LogP contribution is 2.28. The van der Waals surface area contributed by atoms with Crippen LogP contribution in [0.1, 0.15) is 16.7 Å². The number of nitrogens with zero attached hydrogens (tertiary/aromatic N) is 2. The zero-order valence-electron chi connectivity index (χ0n) is 14.7. The van der Waals surface area contributed by atoms with Gasteiger partial charge in [-0.1, -0.05) is 30.3 Å². The van der Waals surface area contributed by atoms with E-state index in [4.69, 9.17) is 4.74 Å². The molecule has 0 spiro atoms. The summed E-state index contributed by atoms with van der Waals surface area (Å²) in [6, 6.07) is 16.2. The van der Waals surface area contributed by atoms with Crippen molar-refractivity contribution < 1.29 is 4.74 Å². The van der Waals surface area contributed by atoms with Crippen LogP contribution < -0.4 is 15.4 Å². The van der Waals surface area contributed by atoms with Gasteiger partial charge in [-0.15, -0.1) is 0 Å². The summed E-state index contributed by atoms with van der Waals surface area (Å²) in [5, 5.41) is 6.64. The third-order valence-electron chi connectivity index (χ3n) is 4.01. The number of nitrogens with one attached hydrogen (secondary N) is 2. The Morgan fingerprint density at radius 1 is 0.960 bits per heavy atom. The summed E-state index contributed by atoms with van der Waals surface area (Å²) < 4.78 is 5.40.